The summed E-state index contributed by atoms with van der Waals surface area (Å²) in [5, 5.41) is 8.86. The molecule has 1 aromatic carbocycles. The summed E-state index contributed by atoms with van der Waals surface area (Å²) in [6.07, 6.45) is 0.199. The van der Waals surface area contributed by atoms with E-state index >= 15 is 0 Å². The third-order valence-electron chi connectivity index (χ3n) is 4.55. The van der Waals surface area contributed by atoms with Crippen LogP contribution in [0.5, 0.6) is 0 Å². The van der Waals surface area contributed by atoms with E-state index in [-0.39, 0.29) is 31.9 Å². The zero-order valence-electron chi connectivity index (χ0n) is 13.2. The molecule has 0 aliphatic carbocycles. The molecule has 1 N–H and O–H groups in total. The number of benzene rings is 1. The van der Waals surface area contributed by atoms with Gasteiger partial charge in [-0.05, 0) is 25.1 Å². The molecule has 3 rings (SSSR count). The lowest BCUT2D eigenvalue weighted by atomic mass is 9.94. The summed E-state index contributed by atoms with van der Waals surface area (Å²) in [6, 6.07) is 0.181. The Morgan fingerprint density at radius 2 is 1.88 bits per heavy atom. The molecule has 25 heavy (non-hydrogen) atoms. The molecule has 4 nitrogen and oxygen atoms in total. The molecule has 0 amide bonds. The van der Waals surface area contributed by atoms with E-state index in [2.05, 4.69) is 0 Å². The van der Waals surface area contributed by atoms with Crippen molar-refractivity contribution in [3.05, 3.63) is 51.1 Å². The van der Waals surface area contributed by atoms with Gasteiger partial charge in [-0.15, -0.1) is 0 Å². The van der Waals surface area contributed by atoms with Gasteiger partial charge in [0.15, 0.2) is 28.0 Å². The fraction of sp³-hybridized carbons (Fsp3) is 0.375. The number of carboxylic acids is 1. The minimum atomic E-state index is -1.44. The summed E-state index contributed by atoms with van der Waals surface area (Å²) in [4.78, 5) is 10.8. The smallest absolute Gasteiger partial charge is 0.303 e. The lowest BCUT2D eigenvalue weighted by Gasteiger charge is -2.14. The standard InChI is InChI=1S/C16H14F4N2O2S/c1-21-10(2-3-12(23)24)11-4-7(6-22(11)16(21)25)13-14(19)8(17)5-9(18)15(13)20/h5,7H,2-4,6H2,1H3,(H,23,24)/t7-/m0/s1. The number of hydrogen-bond acceptors (Lipinski definition) is 2. The quantitative estimate of drug-likeness (QED) is 0.507. The van der Waals surface area contributed by atoms with Gasteiger partial charge in [0.25, 0.3) is 0 Å². The number of aliphatic carboxylic acids is 1. The van der Waals surface area contributed by atoms with Gasteiger partial charge in [-0.2, -0.15) is 0 Å². The van der Waals surface area contributed by atoms with E-state index in [9.17, 15) is 22.4 Å². The van der Waals surface area contributed by atoms with E-state index in [1.54, 1.807) is 16.2 Å². The van der Waals surface area contributed by atoms with E-state index in [1.807, 2.05) is 0 Å². The summed E-state index contributed by atoms with van der Waals surface area (Å²) in [7, 11) is 1.68. The highest BCUT2D eigenvalue weighted by Crippen LogP contribution is 2.36. The van der Waals surface area contributed by atoms with Crippen molar-refractivity contribution in [2.45, 2.75) is 31.7 Å². The first-order valence-electron chi connectivity index (χ1n) is 7.54. The molecule has 1 aromatic heterocycles. The van der Waals surface area contributed by atoms with Crippen LogP contribution in [0.4, 0.5) is 17.6 Å². The van der Waals surface area contributed by atoms with Crippen LogP contribution in [0.1, 0.15) is 29.3 Å². The first-order valence-corrected chi connectivity index (χ1v) is 7.95. The Bertz CT molecular complexity index is 909. The van der Waals surface area contributed by atoms with Gasteiger partial charge in [0.05, 0.1) is 6.42 Å². The van der Waals surface area contributed by atoms with Crippen molar-refractivity contribution in [3.8, 4) is 0 Å². The number of aromatic nitrogens is 2. The molecule has 134 valence electrons. The third-order valence-corrected chi connectivity index (χ3v) is 5.05. The van der Waals surface area contributed by atoms with E-state index in [0.29, 0.717) is 16.2 Å². The topological polar surface area (TPSA) is 47.2 Å². The van der Waals surface area contributed by atoms with Gasteiger partial charge in [-0.25, -0.2) is 17.6 Å². The number of imidazole rings is 1. The minimum absolute atomic E-state index is 0.0752. The van der Waals surface area contributed by atoms with Crippen LogP contribution in [-0.2, 0) is 31.2 Å². The second-order valence-corrected chi connectivity index (χ2v) is 6.39. The molecule has 0 radical (unpaired) electrons. The SMILES string of the molecule is Cn1c(CCC(=O)O)c2n(c1=S)C[C@@H](c1c(F)c(F)cc(F)c1F)C2. The van der Waals surface area contributed by atoms with E-state index in [4.69, 9.17) is 17.3 Å². The number of fused-ring (bicyclic) bond motifs is 1. The average Bonchev–Trinajstić information content (AvgIpc) is 3.04. The minimum Gasteiger partial charge on any atom is -0.481 e. The fourth-order valence-corrected chi connectivity index (χ4v) is 3.67. The van der Waals surface area contributed by atoms with Crippen molar-refractivity contribution in [2.75, 3.05) is 0 Å². The maximum atomic E-state index is 14.1. The highest BCUT2D eigenvalue weighted by molar-refractivity contribution is 7.71. The average molecular weight is 374 g/mol. The predicted octanol–water partition coefficient (Wildman–Crippen LogP) is 3.47. The molecule has 2 heterocycles. The molecule has 9 heteroatoms. The molecular formula is C16H14F4N2O2S. The molecular weight excluding hydrogens is 360 g/mol. The summed E-state index contributed by atoms with van der Waals surface area (Å²) in [5.41, 5.74) is 0.650. The van der Waals surface area contributed by atoms with Gasteiger partial charge in [0, 0.05) is 42.5 Å². The van der Waals surface area contributed by atoms with Crippen LogP contribution in [0.25, 0.3) is 0 Å². The number of hydrogen-bond donors (Lipinski definition) is 1. The highest BCUT2D eigenvalue weighted by atomic mass is 32.1. The first-order chi connectivity index (χ1) is 11.7. The number of carboxylic acid groups (broad SMARTS) is 1. The number of nitrogens with zero attached hydrogens (tertiary/aromatic N) is 2. The van der Waals surface area contributed by atoms with Crippen LogP contribution in [0.2, 0.25) is 0 Å². The van der Waals surface area contributed by atoms with Gasteiger partial charge >= 0.3 is 5.97 Å². The monoisotopic (exact) mass is 374 g/mol. The van der Waals surface area contributed by atoms with Gasteiger partial charge in [0.1, 0.15) is 0 Å². The molecule has 0 saturated heterocycles. The van der Waals surface area contributed by atoms with E-state index < -0.39 is 40.7 Å². The number of rotatable bonds is 4. The zero-order chi connectivity index (χ0) is 18.5. The van der Waals surface area contributed by atoms with Crippen LogP contribution in [0.3, 0.4) is 0 Å². The second-order valence-electron chi connectivity index (χ2n) is 6.02. The van der Waals surface area contributed by atoms with Crippen LogP contribution in [0.15, 0.2) is 6.07 Å². The molecule has 2 aromatic rings. The Kier molecular flexibility index (Phi) is 4.44. The van der Waals surface area contributed by atoms with Crippen LogP contribution in [0, 0.1) is 28.0 Å². The molecule has 0 fully saturated rings. The van der Waals surface area contributed by atoms with Crippen LogP contribution >= 0.6 is 12.2 Å². The van der Waals surface area contributed by atoms with Crippen LogP contribution in [-0.4, -0.2) is 20.2 Å². The number of carbonyl (C=O) groups is 1. The third kappa shape index (κ3) is 2.86. The van der Waals surface area contributed by atoms with Crippen molar-refractivity contribution in [1.82, 2.24) is 9.13 Å². The van der Waals surface area contributed by atoms with Gasteiger partial charge in [-0.3, -0.25) is 4.79 Å². The van der Waals surface area contributed by atoms with Gasteiger partial charge < -0.3 is 14.2 Å². The summed E-state index contributed by atoms with van der Waals surface area (Å²) >= 11 is 5.28. The fourth-order valence-electron chi connectivity index (χ4n) is 3.38. The summed E-state index contributed by atoms with van der Waals surface area (Å²) < 4.78 is 58.7. The molecule has 0 spiro atoms. The Labute approximate surface area is 145 Å². The van der Waals surface area contributed by atoms with Crippen molar-refractivity contribution >= 4 is 18.2 Å². The van der Waals surface area contributed by atoms with Gasteiger partial charge in [-0.1, -0.05) is 0 Å². The van der Waals surface area contributed by atoms with Crippen molar-refractivity contribution in [2.24, 2.45) is 7.05 Å². The van der Waals surface area contributed by atoms with Crippen molar-refractivity contribution in [1.29, 1.82) is 0 Å². The molecule has 0 saturated carbocycles. The Hall–Kier alpha value is -2.16. The highest BCUT2D eigenvalue weighted by Gasteiger charge is 2.34. The van der Waals surface area contributed by atoms with E-state index in [0.717, 1.165) is 0 Å². The summed E-state index contributed by atoms with van der Waals surface area (Å²) in [6.45, 7) is 0.0752. The normalized spacial score (nSPS) is 16.3. The molecule has 0 bridgehead atoms. The van der Waals surface area contributed by atoms with E-state index in [1.165, 1.54) is 0 Å². The number of halogens is 4. The predicted molar refractivity (Wildman–Crippen MR) is 82.9 cm³/mol. The Balaban J connectivity index is 2.02. The second kappa shape index (κ2) is 6.29. The molecule has 0 unspecified atom stereocenters. The van der Waals surface area contributed by atoms with Crippen molar-refractivity contribution < 1.29 is 27.5 Å². The van der Waals surface area contributed by atoms with Gasteiger partial charge in [0.2, 0.25) is 0 Å². The maximum absolute atomic E-state index is 14.1. The first kappa shape index (κ1) is 17.7. The molecule has 1 aliphatic rings. The Morgan fingerprint density at radius 3 is 2.44 bits per heavy atom. The zero-order valence-corrected chi connectivity index (χ0v) is 14.0. The maximum Gasteiger partial charge on any atom is 0.303 e. The lowest BCUT2D eigenvalue weighted by molar-refractivity contribution is -0.136. The summed E-state index contributed by atoms with van der Waals surface area (Å²) in [5.74, 6) is -7.49. The molecule has 1 aliphatic heterocycles. The molecule has 1 atom stereocenters. The largest absolute Gasteiger partial charge is 0.481 e. The Morgan fingerprint density at radius 1 is 1.28 bits per heavy atom. The van der Waals surface area contributed by atoms with Crippen LogP contribution < -0.4 is 0 Å². The lowest BCUT2D eigenvalue weighted by Crippen LogP contribution is -2.12. The van der Waals surface area contributed by atoms with Crippen molar-refractivity contribution in [3.63, 3.8) is 0 Å².